The van der Waals surface area contributed by atoms with Crippen LogP contribution in [0.4, 0.5) is 4.79 Å². The average molecular weight is 416 g/mol. The summed E-state index contributed by atoms with van der Waals surface area (Å²) in [6, 6.07) is 6.35. The molecule has 8 nitrogen and oxygen atoms in total. The number of benzene rings is 1. The average Bonchev–Trinajstić information content (AvgIpc) is 2.47. The van der Waals surface area contributed by atoms with Crippen molar-refractivity contribution >= 4 is 22.2 Å². The fourth-order valence-electron chi connectivity index (χ4n) is 2.34. The molecule has 1 amide bonds. The van der Waals surface area contributed by atoms with Gasteiger partial charge < -0.3 is 19.0 Å². The lowest BCUT2D eigenvalue weighted by Crippen LogP contribution is -2.35. The number of rotatable bonds is 8. The topological polar surface area (TPSA) is 108 Å². The Kier molecular flexibility index (Phi) is 8.29. The van der Waals surface area contributed by atoms with E-state index >= 15 is 0 Å². The minimum atomic E-state index is -3.69. The van der Waals surface area contributed by atoms with E-state index in [0.29, 0.717) is 5.56 Å². The summed E-state index contributed by atoms with van der Waals surface area (Å²) in [7, 11) is -3.69. The maximum absolute atomic E-state index is 12.1. The van der Waals surface area contributed by atoms with Crippen LogP contribution in [0.1, 0.15) is 52.5 Å². The Hall–Kier alpha value is -2.29. The Labute approximate surface area is 166 Å². The second-order valence-corrected chi connectivity index (χ2v) is 9.26. The van der Waals surface area contributed by atoms with Gasteiger partial charge in [-0.1, -0.05) is 12.1 Å². The molecule has 0 aliphatic carbocycles. The molecule has 0 fully saturated rings. The molecule has 28 heavy (non-hydrogen) atoms. The van der Waals surface area contributed by atoms with E-state index in [1.165, 1.54) is 12.1 Å². The van der Waals surface area contributed by atoms with Crippen molar-refractivity contribution in [2.24, 2.45) is 0 Å². The van der Waals surface area contributed by atoms with Gasteiger partial charge >= 0.3 is 22.2 Å². The maximum atomic E-state index is 12.1. The molecule has 0 saturated carbocycles. The van der Waals surface area contributed by atoms with Gasteiger partial charge in [-0.2, -0.15) is 8.42 Å². The number of ether oxygens (including phenoxy) is 2. The Bertz CT molecular complexity index is 782. The van der Waals surface area contributed by atoms with Gasteiger partial charge in [0.05, 0.1) is 18.8 Å². The summed E-state index contributed by atoms with van der Waals surface area (Å²) in [5.41, 5.74) is -0.0303. The second kappa shape index (κ2) is 9.77. The monoisotopic (exact) mass is 415 g/mol. The summed E-state index contributed by atoms with van der Waals surface area (Å²) in [4.78, 5) is 24.1. The van der Waals surface area contributed by atoms with Crippen LogP contribution in [0.2, 0.25) is 0 Å². The highest BCUT2D eigenvalue weighted by Gasteiger charge is 2.22. The number of carbonyl (C=O) groups excluding carboxylic acids is 2. The van der Waals surface area contributed by atoms with E-state index in [0.717, 1.165) is 6.26 Å². The molecule has 1 N–H and O–H groups in total. The highest BCUT2D eigenvalue weighted by atomic mass is 32.2. The van der Waals surface area contributed by atoms with E-state index in [2.05, 4.69) is 5.32 Å². The zero-order valence-electron chi connectivity index (χ0n) is 17.1. The zero-order chi connectivity index (χ0) is 21.5. The van der Waals surface area contributed by atoms with Crippen molar-refractivity contribution in [3.63, 3.8) is 0 Å². The second-order valence-electron chi connectivity index (χ2n) is 7.68. The summed E-state index contributed by atoms with van der Waals surface area (Å²) in [5, 5.41) is 2.64. The Morgan fingerprint density at radius 3 is 2.36 bits per heavy atom. The molecule has 0 aromatic heterocycles. The van der Waals surface area contributed by atoms with E-state index in [-0.39, 0.29) is 24.8 Å². The number of amides is 1. The molecule has 0 aliphatic rings. The van der Waals surface area contributed by atoms with Crippen LogP contribution in [0.15, 0.2) is 24.3 Å². The SMILES string of the molecule is CC(C)OC(=O)CC(CNC(=O)OC(C)(C)C)c1cccc(OS(C)(=O)=O)c1. The van der Waals surface area contributed by atoms with Gasteiger partial charge in [0.15, 0.2) is 0 Å². The third-order valence-corrected chi connectivity index (χ3v) is 3.74. The lowest BCUT2D eigenvalue weighted by atomic mass is 9.95. The Balaban J connectivity index is 2.98. The van der Waals surface area contributed by atoms with E-state index < -0.39 is 33.7 Å². The number of alkyl carbamates (subject to hydrolysis) is 1. The predicted octanol–water partition coefficient (Wildman–Crippen LogP) is 2.98. The van der Waals surface area contributed by atoms with Gasteiger partial charge in [0, 0.05) is 12.5 Å². The third-order valence-electron chi connectivity index (χ3n) is 3.25. The van der Waals surface area contributed by atoms with Crippen LogP contribution in [-0.2, 0) is 24.4 Å². The van der Waals surface area contributed by atoms with Gasteiger partial charge in [-0.05, 0) is 52.3 Å². The van der Waals surface area contributed by atoms with Gasteiger partial charge in [0.25, 0.3) is 0 Å². The van der Waals surface area contributed by atoms with Crippen molar-refractivity contribution in [1.82, 2.24) is 5.32 Å². The highest BCUT2D eigenvalue weighted by molar-refractivity contribution is 7.86. The van der Waals surface area contributed by atoms with Crippen LogP contribution in [0, 0.1) is 0 Å². The van der Waals surface area contributed by atoms with Crippen LogP contribution in [0.3, 0.4) is 0 Å². The summed E-state index contributed by atoms with van der Waals surface area (Å²) in [5.74, 6) is -0.762. The summed E-state index contributed by atoms with van der Waals surface area (Å²) in [6.07, 6.45) is 0.0579. The van der Waals surface area contributed by atoms with Crippen LogP contribution in [0.5, 0.6) is 5.75 Å². The normalized spacial score (nSPS) is 13.0. The van der Waals surface area contributed by atoms with Crippen LogP contribution < -0.4 is 9.50 Å². The van der Waals surface area contributed by atoms with Crippen molar-refractivity contribution in [2.45, 2.75) is 58.7 Å². The van der Waals surface area contributed by atoms with Crippen molar-refractivity contribution in [3.05, 3.63) is 29.8 Å². The molecule has 0 heterocycles. The molecule has 1 aromatic carbocycles. The van der Waals surface area contributed by atoms with Gasteiger partial charge in [-0.15, -0.1) is 0 Å². The van der Waals surface area contributed by atoms with Gasteiger partial charge in [-0.25, -0.2) is 4.79 Å². The van der Waals surface area contributed by atoms with Crippen molar-refractivity contribution < 1.29 is 31.7 Å². The molecular formula is C19H29NO7S. The predicted molar refractivity (Wildman–Crippen MR) is 105 cm³/mol. The molecule has 158 valence electrons. The number of hydrogen-bond acceptors (Lipinski definition) is 7. The van der Waals surface area contributed by atoms with Gasteiger partial charge in [0.2, 0.25) is 0 Å². The number of esters is 1. The summed E-state index contributed by atoms with van der Waals surface area (Å²) < 4.78 is 38.0. The molecule has 0 spiro atoms. The maximum Gasteiger partial charge on any atom is 0.407 e. The molecule has 1 unspecified atom stereocenters. The summed E-state index contributed by atoms with van der Waals surface area (Å²) >= 11 is 0. The largest absolute Gasteiger partial charge is 0.463 e. The molecular weight excluding hydrogens is 386 g/mol. The first kappa shape index (κ1) is 23.7. The van der Waals surface area contributed by atoms with Gasteiger partial charge in [0.1, 0.15) is 11.4 Å². The van der Waals surface area contributed by atoms with Crippen LogP contribution in [-0.4, -0.2) is 45.0 Å². The molecule has 0 saturated heterocycles. The van der Waals surface area contributed by atoms with E-state index in [4.69, 9.17) is 13.7 Å². The van der Waals surface area contributed by atoms with Crippen molar-refractivity contribution in [3.8, 4) is 5.75 Å². The molecule has 0 radical (unpaired) electrons. The first-order chi connectivity index (χ1) is 12.7. The fraction of sp³-hybridized carbons (Fsp3) is 0.579. The third kappa shape index (κ3) is 10.1. The lowest BCUT2D eigenvalue weighted by Gasteiger charge is -2.22. The Morgan fingerprint density at radius 2 is 1.82 bits per heavy atom. The Morgan fingerprint density at radius 1 is 1.18 bits per heavy atom. The minimum absolute atomic E-state index is 0.00366. The minimum Gasteiger partial charge on any atom is -0.463 e. The number of hydrogen-bond donors (Lipinski definition) is 1. The van der Waals surface area contributed by atoms with Crippen molar-refractivity contribution in [1.29, 1.82) is 0 Å². The van der Waals surface area contributed by atoms with Crippen LogP contribution >= 0.6 is 0 Å². The molecule has 1 rings (SSSR count). The standard InChI is InChI=1S/C19H29NO7S/c1-13(2)25-17(21)11-15(12-20-18(22)26-19(3,4)5)14-8-7-9-16(10-14)27-28(6,23)24/h7-10,13,15H,11-12H2,1-6H3,(H,20,22). The van der Waals surface area contributed by atoms with Gasteiger partial charge in [-0.3, -0.25) is 4.79 Å². The van der Waals surface area contributed by atoms with Crippen molar-refractivity contribution in [2.75, 3.05) is 12.8 Å². The molecule has 1 aromatic rings. The first-order valence-electron chi connectivity index (χ1n) is 8.91. The van der Waals surface area contributed by atoms with E-state index in [1.807, 2.05) is 0 Å². The molecule has 1 atom stereocenters. The van der Waals surface area contributed by atoms with E-state index in [1.54, 1.807) is 46.8 Å². The van der Waals surface area contributed by atoms with E-state index in [9.17, 15) is 18.0 Å². The van der Waals surface area contributed by atoms with Crippen LogP contribution in [0.25, 0.3) is 0 Å². The first-order valence-corrected chi connectivity index (χ1v) is 10.7. The fourth-order valence-corrected chi connectivity index (χ4v) is 2.79. The number of carbonyl (C=O) groups is 2. The number of nitrogens with one attached hydrogen (secondary N) is 1. The lowest BCUT2D eigenvalue weighted by molar-refractivity contribution is -0.147. The molecule has 0 aliphatic heterocycles. The molecule has 0 bridgehead atoms. The summed E-state index contributed by atoms with van der Waals surface area (Å²) in [6.45, 7) is 8.82. The smallest absolute Gasteiger partial charge is 0.407 e. The highest BCUT2D eigenvalue weighted by Crippen LogP contribution is 2.25. The zero-order valence-corrected chi connectivity index (χ0v) is 18.0. The quantitative estimate of drug-likeness (QED) is 0.513. The molecule has 9 heteroatoms.